The van der Waals surface area contributed by atoms with E-state index in [1.54, 1.807) is 10.9 Å². The summed E-state index contributed by atoms with van der Waals surface area (Å²) in [6.45, 7) is 0. The average Bonchev–Trinajstić information content (AvgIpc) is 2.73. The van der Waals surface area contributed by atoms with Gasteiger partial charge >= 0.3 is 0 Å². The van der Waals surface area contributed by atoms with Crippen molar-refractivity contribution in [3.63, 3.8) is 0 Å². The molecule has 100 valence electrons. The van der Waals surface area contributed by atoms with Crippen LogP contribution < -0.4 is 0 Å². The lowest BCUT2D eigenvalue weighted by Crippen LogP contribution is -2.42. The van der Waals surface area contributed by atoms with Gasteiger partial charge in [-0.2, -0.15) is 0 Å². The largest absolute Gasteiger partial charge is 0.377 e. The minimum atomic E-state index is -1.05. The Bertz CT molecular complexity index is 594. The Kier molecular flexibility index (Phi) is 3.19. The van der Waals surface area contributed by atoms with Crippen molar-refractivity contribution in [3.8, 4) is 0 Å². The third-order valence-electron chi connectivity index (χ3n) is 4.01. The summed E-state index contributed by atoms with van der Waals surface area (Å²) in [6.07, 6.45) is 4.85. The van der Waals surface area contributed by atoms with Crippen LogP contribution in [0.5, 0.6) is 0 Å². The first-order chi connectivity index (χ1) is 9.12. The second kappa shape index (κ2) is 4.72. The number of rotatable bonds is 3. The van der Waals surface area contributed by atoms with Crippen molar-refractivity contribution in [1.29, 1.82) is 0 Å². The zero-order chi connectivity index (χ0) is 13.5. The minimum absolute atomic E-state index is 0.213. The lowest BCUT2D eigenvalue weighted by atomic mass is 9.69. The van der Waals surface area contributed by atoms with Crippen molar-refractivity contribution in [2.45, 2.75) is 24.9 Å². The lowest BCUT2D eigenvalue weighted by Gasteiger charge is -2.40. The molecule has 19 heavy (non-hydrogen) atoms. The van der Waals surface area contributed by atoms with Crippen LogP contribution in [0, 0.1) is 5.92 Å². The van der Waals surface area contributed by atoms with Gasteiger partial charge in [0.05, 0.1) is 0 Å². The Balaban J connectivity index is 2.14. The first-order valence-corrected chi connectivity index (χ1v) is 7.24. The van der Waals surface area contributed by atoms with E-state index in [2.05, 4.69) is 26.1 Å². The summed E-state index contributed by atoms with van der Waals surface area (Å²) in [5.41, 5.74) is -0.171. The fourth-order valence-corrected chi connectivity index (χ4v) is 3.13. The summed E-state index contributed by atoms with van der Waals surface area (Å²) in [6, 6.07) is 7.82. The van der Waals surface area contributed by atoms with E-state index < -0.39 is 5.60 Å². The highest BCUT2D eigenvalue weighted by atomic mass is 79.9. The van der Waals surface area contributed by atoms with Crippen LogP contribution in [0.4, 0.5) is 0 Å². The average molecular weight is 322 g/mol. The number of aliphatic hydroxyl groups is 1. The zero-order valence-electron chi connectivity index (χ0n) is 10.8. The Labute approximate surface area is 120 Å². The number of hydrogen-bond donors (Lipinski definition) is 1. The number of hydrogen-bond acceptors (Lipinski definition) is 3. The van der Waals surface area contributed by atoms with Gasteiger partial charge in [-0.05, 0) is 36.5 Å². The molecule has 1 aromatic carbocycles. The molecule has 3 rings (SSSR count). The monoisotopic (exact) mass is 321 g/mol. The molecule has 0 radical (unpaired) electrons. The van der Waals surface area contributed by atoms with Crippen molar-refractivity contribution in [3.05, 3.63) is 46.5 Å². The van der Waals surface area contributed by atoms with E-state index in [9.17, 15) is 5.11 Å². The number of aryl methyl sites for hydroxylation is 1. The van der Waals surface area contributed by atoms with Gasteiger partial charge in [0.15, 0.2) is 11.4 Å². The predicted octanol–water partition coefficient (Wildman–Crippen LogP) is 2.61. The van der Waals surface area contributed by atoms with Crippen LogP contribution in [0.2, 0.25) is 0 Å². The second-order valence-electron chi connectivity index (χ2n) is 5.17. The second-order valence-corrected chi connectivity index (χ2v) is 6.09. The van der Waals surface area contributed by atoms with Crippen molar-refractivity contribution in [1.82, 2.24) is 14.8 Å². The zero-order valence-corrected chi connectivity index (χ0v) is 12.3. The molecule has 1 aliphatic carbocycles. The summed E-state index contributed by atoms with van der Waals surface area (Å²) in [7, 11) is 1.87. The predicted molar refractivity (Wildman–Crippen MR) is 75.5 cm³/mol. The summed E-state index contributed by atoms with van der Waals surface area (Å²) in [4.78, 5) is 0. The highest BCUT2D eigenvalue weighted by Gasteiger charge is 2.46. The normalized spacial score (nSPS) is 18.9. The number of aromatic nitrogens is 3. The SMILES string of the molecule is Cn1cnnc1C(O)(c1cccc(Br)c1)C1CCC1. The van der Waals surface area contributed by atoms with Crippen LogP contribution in [0.3, 0.4) is 0 Å². The van der Waals surface area contributed by atoms with Crippen LogP contribution in [0.1, 0.15) is 30.7 Å². The molecule has 1 aliphatic rings. The minimum Gasteiger partial charge on any atom is -0.377 e. The van der Waals surface area contributed by atoms with E-state index in [-0.39, 0.29) is 5.92 Å². The molecule has 1 aromatic heterocycles. The van der Waals surface area contributed by atoms with Crippen molar-refractivity contribution in [2.24, 2.45) is 13.0 Å². The molecule has 1 atom stereocenters. The van der Waals surface area contributed by atoms with Crippen LogP contribution in [0.15, 0.2) is 35.1 Å². The van der Waals surface area contributed by atoms with Gasteiger partial charge in [0.25, 0.3) is 0 Å². The van der Waals surface area contributed by atoms with Gasteiger partial charge in [-0.3, -0.25) is 0 Å². The van der Waals surface area contributed by atoms with Gasteiger partial charge in [-0.1, -0.05) is 34.5 Å². The van der Waals surface area contributed by atoms with E-state index in [0.29, 0.717) is 5.82 Å². The molecule has 1 heterocycles. The van der Waals surface area contributed by atoms with E-state index in [1.807, 2.05) is 31.3 Å². The summed E-state index contributed by atoms with van der Waals surface area (Å²) in [5.74, 6) is 0.833. The molecule has 4 nitrogen and oxygen atoms in total. The van der Waals surface area contributed by atoms with Gasteiger partial charge in [0.1, 0.15) is 6.33 Å². The van der Waals surface area contributed by atoms with E-state index in [4.69, 9.17) is 0 Å². The number of benzene rings is 1. The smallest absolute Gasteiger partial charge is 0.169 e. The third-order valence-corrected chi connectivity index (χ3v) is 4.51. The summed E-state index contributed by atoms with van der Waals surface area (Å²) >= 11 is 3.47. The Morgan fingerprint density at radius 3 is 2.74 bits per heavy atom. The van der Waals surface area contributed by atoms with E-state index in [0.717, 1.165) is 22.9 Å². The molecule has 0 aliphatic heterocycles. The topological polar surface area (TPSA) is 50.9 Å². The Hall–Kier alpha value is -1.20. The number of halogens is 1. The van der Waals surface area contributed by atoms with Crippen LogP contribution in [-0.4, -0.2) is 19.9 Å². The van der Waals surface area contributed by atoms with Gasteiger partial charge in [0, 0.05) is 11.5 Å². The van der Waals surface area contributed by atoms with Crippen molar-refractivity contribution in [2.75, 3.05) is 0 Å². The Morgan fingerprint density at radius 1 is 1.42 bits per heavy atom. The van der Waals surface area contributed by atoms with Crippen LogP contribution in [-0.2, 0) is 12.6 Å². The molecular weight excluding hydrogens is 306 g/mol. The molecule has 1 fully saturated rings. The lowest BCUT2D eigenvalue weighted by molar-refractivity contribution is -0.0295. The van der Waals surface area contributed by atoms with Gasteiger partial charge in [-0.15, -0.1) is 10.2 Å². The van der Waals surface area contributed by atoms with Crippen LogP contribution in [0.25, 0.3) is 0 Å². The van der Waals surface area contributed by atoms with E-state index in [1.165, 1.54) is 6.42 Å². The molecule has 1 saturated carbocycles. The number of nitrogens with zero attached hydrogens (tertiary/aromatic N) is 3. The molecular formula is C14H16BrN3O. The summed E-state index contributed by atoms with van der Waals surface area (Å²) < 4.78 is 2.77. The maximum absolute atomic E-state index is 11.3. The van der Waals surface area contributed by atoms with Crippen molar-refractivity contribution < 1.29 is 5.11 Å². The fourth-order valence-electron chi connectivity index (χ4n) is 2.73. The molecule has 0 spiro atoms. The first kappa shape index (κ1) is 12.8. The summed E-state index contributed by atoms with van der Waals surface area (Å²) in [5, 5.41) is 19.4. The molecule has 2 aromatic rings. The third kappa shape index (κ3) is 2.01. The maximum atomic E-state index is 11.3. The van der Waals surface area contributed by atoms with E-state index >= 15 is 0 Å². The maximum Gasteiger partial charge on any atom is 0.169 e. The van der Waals surface area contributed by atoms with Gasteiger partial charge in [0.2, 0.25) is 0 Å². The standard InChI is InChI=1S/C14H16BrN3O/c1-18-9-16-17-13(18)14(19,10-4-2-5-10)11-6-3-7-12(15)8-11/h3,6-10,19H,2,4-5H2,1H3. The van der Waals surface area contributed by atoms with Gasteiger partial charge < -0.3 is 9.67 Å². The molecule has 0 bridgehead atoms. The van der Waals surface area contributed by atoms with Crippen LogP contribution >= 0.6 is 15.9 Å². The van der Waals surface area contributed by atoms with Crippen molar-refractivity contribution >= 4 is 15.9 Å². The molecule has 1 N–H and O–H groups in total. The first-order valence-electron chi connectivity index (χ1n) is 6.45. The highest BCUT2D eigenvalue weighted by Crippen LogP contribution is 2.46. The highest BCUT2D eigenvalue weighted by molar-refractivity contribution is 9.10. The fraction of sp³-hybridized carbons (Fsp3) is 0.429. The quantitative estimate of drug-likeness (QED) is 0.945. The molecule has 0 amide bonds. The molecule has 5 heteroatoms. The Morgan fingerprint density at radius 2 is 2.21 bits per heavy atom. The van der Waals surface area contributed by atoms with Gasteiger partial charge in [-0.25, -0.2) is 0 Å². The molecule has 0 saturated heterocycles. The molecule has 1 unspecified atom stereocenters.